The predicted octanol–water partition coefficient (Wildman–Crippen LogP) is 2.53. The zero-order valence-corrected chi connectivity index (χ0v) is 16.7. The van der Waals surface area contributed by atoms with E-state index in [-0.39, 0.29) is 5.91 Å². The van der Waals surface area contributed by atoms with Crippen molar-refractivity contribution in [2.45, 2.75) is 0 Å². The number of nitrogens with one attached hydrogen (secondary N) is 1. The molecule has 0 bridgehead atoms. The van der Waals surface area contributed by atoms with Crippen LogP contribution >= 0.6 is 0 Å². The first-order chi connectivity index (χ1) is 13.4. The van der Waals surface area contributed by atoms with Crippen LogP contribution in [-0.4, -0.2) is 63.1 Å². The average molecular weight is 400 g/mol. The summed E-state index contributed by atoms with van der Waals surface area (Å²) in [6, 6.07) is 16.9. The van der Waals surface area contributed by atoms with Crippen molar-refractivity contribution in [3.05, 3.63) is 71.8 Å². The second-order valence-electron chi connectivity index (χ2n) is 6.83. The van der Waals surface area contributed by atoms with Gasteiger partial charge in [0, 0.05) is 32.7 Å². The van der Waals surface area contributed by atoms with Crippen LogP contribution in [0.2, 0.25) is 0 Å². The lowest BCUT2D eigenvalue weighted by Crippen LogP contribution is -2.48. The third-order valence-electron chi connectivity index (χ3n) is 4.59. The van der Waals surface area contributed by atoms with Crippen molar-refractivity contribution < 1.29 is 13.2 Å². The minimum absolute atomic E-state index is 0.147. The van der Waals surface area contributed by atoms with Crippen LogP contribution in [0, 0.1) is 0 Å². The van der Waals surface area contributed by atoms with Gasteiger partial charge in [0.25, 0.3) is 5.91 Å². The fourth-order valence-electron chi connectivity index (χ4n) is 3.16. The fourth-order valence-corrected chi connectivity index (χ4v) is 3.74. The summed E-state index contributed by atoms with van der Waals surface area (Å²) in [5.41, 5.74) is 1.87. The molecule has 0 radical (unpaired) electrons. The Kier molecular flexibility index (Phi) is 6.49. The van der Waals surface area contributed by atoms with Crippen molar-refractivity contribution >= 4 is 27.7 Å². The van der Waals surface area contributed by atoms with E-state index in [4.69, 9.17) is 0 Å². The number of anilines is 1. The standard InChI is InChI=1S/C21H25N3O3S/c1-28(26,27)22-20-12-6-5-11-19(20)21(25)24-16-14-23(15-17-24)13-7-10-18-8-3-2-4-9-18/h2-12,22H,13-17H2,1H3/b10-7+. The molecule has 3 rings (SSSR count). The summed E-state index contributed by atoms with van der Waals surface area (Å²) in [7, 11) is -3.44. The van der Waals surface area contributed by atoms with Gasteiger partial charge < -0.3 is 4.90 Å². The first kappa shape index (κ1) is 20.1. The lowest BCUT2D eigenvalue weighted by molar-refractivity contribution is 0.0651. The van der Waals surface area contributed by atoms with Crippen molar-refractivity contribution in [1.29, 1.82) is 0 Å². The van der Waals surface area contributed by atoms with E-state index in [1.54, 1.807) is 29.2 Å². The molecule has 7 heteroatoms. The maximum atomic E-state index is 12.9. The molecule has 1 heterocycles. The number of sulfonamides is 1. The molecule has 2 aromatic rings. The van der Waals surface area contributed by atoms with Gasteiger partial charge in [0.2, 0.25) is 10.0 Å². The molecule has 1 N–H and O–H groups in total. The van der Waals surface area contributed by atoms with Gasteiger partial charge in [-0.05, 0) is 17.7 Å². The first-order valence-electron chi connectivity index (χ1n) is 9.22. The van der Waals surface area contributed by atoms with E-state index in [9.17, 15) is 13.2 Å². The highest BCUT2D eigenvalue weighted by molar-refractivity contribution is 7.92. The van der Waals surface area contributed by atoms with Crippen LogP contribution in [0.25, 0.3) is 6.08 Å². The number of carbonyl (C=O) groups is 1. The van der Waals surface area contributed by atoms with Crippen molar-refractivity contribution in [2.24, 2.45) is 0 Å². The number of hydrogen-bond acceptors (Lipinski definition) is 4. The molecule has 28 heavy (non-hydrogen) atoms. The van der Waals surface area contributed by atoms with Gasteiger partial charge >= 0.3 is 0 Å². The molecule has 0 aliphatic carbocycles. The molecule has 1 aliphatic rings. The minimum Gasteiger partial charge on any atom is -0.336 e. The Morgan fingerprint density at radius 3 is 2.32 bits per heavy atom. The summed E-state index contributed by atoms with van der Waals surface area (Å²) in [5, 5.41) is 0. The van der Waals surface area contributed by atoms with Crippen LogP contribution in [0.1, 0.15) is 15.9 Å². The number of para-hydroxylation sites is 1. The first-order valence-corrected chi connectivity index (χ1v) is 11.1. The van der Waals surface area contributed by atoms with Gasteiger partial charge in [-0.25, -0.2) is 8.42 Å². The lowest BCUT2D eigenvalue weighted by atomic mass is 10.1. The molecular formula is C21H25N3O3S. The number of benzene rings is 2. The van der Waals surface area contributed by atoms with Crippen molar-refractivity contribution in [2.75, 3.05) is 43.7 Å². The summed E-state index contributed by atoms with van der Waals surface area (Å²) in [6.07, 6.45) is 5.32. The molecule has 148 valence electrons. The monoisotopic (exact) mass is 399 g/mol. The molecule has 0 spiro atoms. The Balaban J connectivity index is 1.56. The molecule has 1 aliphatic heterocycles. The van der Waals surface area contributed by atoms with Gasteiger partial charge in [-0.3, -0.25) is 14.4 Å². The molecule has 1 amide bonds. The van der Waals surface area contributed by atoms with Gasteiger partial charge in [0.1, 0.15) is 0 Å². The van der Waals surface area contributed by atoms with E-state index < -0.39 is 10.0 Å². The number of hydrogen-bond donors (Lipinski definition) is 1. The largest absolute Gasteiger partial charge is 0.336 e. The quantitative estimate of drug-likeness (QED) is 0.810. The van der Waals surface area contributed by atoms with Crippen LogP contribution in [0.15, 0.2) is 60.7 Å². The molecule has 6 nitrogen and oxygen atoms in total. The molecule has 1 saturated heterocycles. The molecular weight excluding hydrogens is 374 g/mol. The number of amides is 1. The summed E-state index contributed by atoms with van der Waals surface area (Å²) < 4.78 is 25.5. The Hall–Kier alpha value is -2.64. The maximum Gasteiger partial charge on any atom is 0.256 e. The average Bonchev–Trinajstić information content (AvgIpc) is 2.68. The molecule has 1 fully saturated rings. The second-order valence-corrected chi connectivity index (χ2v) is 8.57. The maximum absolute atomic E-state index is 12.9. The SMILES string of the molecule is CS(=O)(=O)Nc1ccccc1C(=O)N1CCN(C/C=C/c2ccccc2)CC1. The number of nitrogens with zero attached hydrogens (tertiary/aromatic N) is 2. The van der Waals surface area contributed by atoms with E-state index in [2.05, 4.69) is 33.9 Å². The van der Waals surface area contributed by atoms with E-state index in [1.807, 2.05) is 18.2 Å². The van der Waals surface area contributed by atoms with Crippen LogP contribution in [0.5, 0.6) is 0 Å². The molecule has 2 aromatic carbocycles. The van der Waals surface area contributed by atoms with E-state index in [1.165, 1.54) is 5.56 Å². The van der Waals surface area contributed by atoms with Crippen LogP contribution in [0.3, 0.4) is 0 Å². The van der Waals surface area contributed by atoms with Crippen molar-refractivity contribution in [1.82, 2.24) is 9.80 Å². The lowest BCUT2D eigenvalue weighted by Gasteiger charge is -2.34. The smallest absolute Gasteiger partial charge is 0.256 e. The Labute approximate surface area is 166 Å². The van der Waals surface area contributed by atoms with E-state index in [0.29, 0.717) is 24.3 Å². The summed E-state index contributed by atoms with van der Waals surface area (Å²) in [6.45, 7) is 3.64. The number of piperazine rings is 1. The number of carbonyl (C=O) groups excluding carboxylic acids is 1. The molecule has 0 atom stereocenters. The zero-order valence-electron chi connectivity index (χ0n) is 15.9. The third-order valence-corrected chi connectivity index (χ3v) is 5.18. The van der Waals surface area contributed by atoms with Crippen LogP contribution in [-0.2, 0) is 10.0 Å². The summed E-state index contributed by atoms with van der Waals surface area (Å²) in [4.78, 5) is 16.9. The Bertz CT molecular complexity index is 934. The predicted molar refractivity (Wildman–Crippen MR) is 113 cm³/mol. The van der Waals surface area contributed by atoms with Gasteiger partial charge in [-0.1, -0.05) is 54.6 Å². The molecule has 0 aromatic heterocycles. The van der Waals surface area contributed by atoms with Gasteiger partial charge in [-0.2, -0.15) is 0 Å². The van der Waals surface area contributed by atoms with Gasteiger partial charge in [0.15, 0.2) is 0 Å². The van der Waals surface area contributed by atoms with Crippen LogP contribution < -0.4 is 4.72 Å². The highest BCUT2D eigenvalue weighted by Gasteiger charge is 2.23. The fraction of sp³-hybridized carbons (Fsp3) is 0.286. The highest BCUT2D eigenvalue weighted by atomic mass is 32.2. The number of rotatable bonds is 6. The minimum atomic E-state index is -3.44. The van der Waals surface area contributed by atoms with Crippen molar-refractivity contribution in [3.8, 4) is 0 Å². The Morgan fingerprint density at radius 1 is 1.00 bits per heavy atom. The summed E-state index contributed by atoms with van der Waals surface area (Å²) >= 11 is 0. The highest BCUT2D eigenvalue weighted by Crippen LogP contribution is 2.19. The van der Waals surface area contributed by atoms with Gasteiger partial charge in [-0.15, -0.1) is 0 Å². The normalized spacial score (nSPS) is 15.7. The van der Waals surface area contributed by atoms with Crippen molar-refractivity contribution in [3.63, 3.8) is 0 Å². The molecule has 0 saturated carbocycles. The van der Waals surface area contributed by atoms with Gasteiger partial charge in [0.05, 0.1) is 17.5 Å². The third kappa shape index (κ3) is 5.68. The second kappa shape index (κ2) is 9.03. The van der Waals surface area contributed by atoms with E-state index in [0.717, 1.165) is 25.9 Å². The zero-order chi connectivity index (χ0) is 20.0. The molecule has 0 unspecified atom stereocenters. The van der Waals surface area contributed by atoms with Crippen LogP contribution in [0.4, 0.5) is 5.69 Å². The topological polar surface area (TPSA) is 69.7 Å². The Morgan fingerprint density at radius 2 is 1.64 bits per heavy atom. The summed E-state index contributed by atoms with van der Waals surface area (Å²) in [5.74, 6) is -0.147. The van der Waals surface area contributed by atoms with E-state index >= 15 is 0 Å².